The maximum absolute atomic E-state index is 12.2. The van der Waals surface area contributed by atoms with Gasteiger partial charge >= 0.3 is 0 Å². The lowest BCUT2D eigenvalue weighted by atomic mass is 10.1. The van der Waals surface area contributed by atoms with E-state index in [0.29, 0.717) is 5.56 Å². The van der Waals surface area contributed by atoms with Crippen molar-refractivity contribution in [3.8, 4) is 10.6 Å². The van der Waals surface area contributed by atoms with Crippen molar-refractivity contribution >= 4 is 45.2 Å². The van der Waals surface area contributed by atoms with E-state index < -0.39 is 0 Å². The quantitative estimate of drug-likeness (QED) is 0.486. The van der Waals surface area contributed by atoms with Crippen molar-refractivity contribution in [3.05, 3.63) is 65.5 Å². The van der Waals surface area contributed by atoms with Gasteiger partial charge in [-0.3, -0.25) is 10.1 Å². The average molecular weight is 423 g/mol. The maximum Gasteiger partial charge on any atom is 0.257 e. The van der Waals surface area contributed by atoms with Crippen LogP contribution in [0.5, 0.6) is 0 Å². The van der Waals surface area contributed by atoms with Gasteiger partial charge in [0.25, 0.3) is 5.91 Å². The SMILES string of the molecule is CCc1nnc2sc(-c3ccc(NC(=S)NC(=O)c4ccccc4)c(C)c3)nn12. The minimum absolute atomic E-state index is 0.246. The molecule has 0 bridgehead atoms. The van der Waals surface area contributed by atoms with E-state index in [4.69, 9.17) is 12.2 Å². The highest BCUT2D eigenvalue weighted by Gasteiger charge is 2.13. The fourth-order valence-corrected chi connectivity index (χ4v) is 3.91. The topological polar surface area (TPSA) is 84.2 Å². The molecule has 0 aliphatic heterocycles. The van der Waals surface area contributed by atoms with Gasteiger partial charge in [-0.1, -0.05) is 36.5 Å². The summed E-state index contributed by atoms with van der Waals surface area (Å²) in [6.45, 7) is 4.00. The minimum atomic E-state index is -0.246. The van der Waals surface area contributed by atoms with Gasteiger partial charge in [0.1, 0.15) is 5.01 Å². The number of nitrogens with one attached hydrogen (secondary N) is 2. The van der Waals surface area contributed by atoms with Crippen LogP contribution in [0.4, 0.5) is 5.69 Å². The maximum atomic E-state index is 12.2. The average Bonchev–Trinajstić information content (AvgIpc) is 3.30. The number of benzene rings is 2. The van der Waals surface area contributed by atoms with E-state index in [0.717, 1.165) is 39.0 Å². The number of nitrogens with zero attached hydrogens (tertiary/aromatic N) is 4. The van der Waals surface area contributed by atoms with Gasteiger partial charge in [-0.2, -0.15) is 9.61 Å². The molecule has 2 N–H and O–H groups in total. The van der Waals surface area contributed by atoms with Crippen molar-refractivity contribution < 1.29 is 4.79 Å². The summed E-state index contributed by atoms with van der Waals surface area (Å²) >= 11 is 6.78. The zero-order valence-corrected chi connectivity index (χ0v) is 17.5. The molecule has 1 amide bonds. The Labute approximate surface area is 176 Å². The fourth-order valence-electron chi connectivity index (χ4n) is 2.85. The Kier molecular flexibility index (Phi) is 5.32. The van der Waals surface area contributed by atoms with Crippen molar-refractivity contribution in [1.82, 2.24) is 25.1 Å². The van der Waals surface area contributed by atoms with Crippen molar-refractivity contribution in [2.24, 2.45) is 0 Å². The smallest absolute Gasteiger partial charge is 0.257 e. The summed E-state index contributed by atoms with van der Waals surface area (Å²) in [7, 11) is 0. The predicted octanol–water partition coefficient (Wildman–Crippen LogP) is 3.85. The first-order chi connectivity index (χ1) is 14.0. The van der Waals surface area contributed by atoms with Crippen LogP contribution in [0.15, 0.2) is 48.5 Å². The van der Waals surface area contributed by atoms with Gasteiger partial charge in [0.05, 0.1) is 0 Å². The number of carbonyl (C=O) groups excluding carboxylic acids is 1. The van der Waals surface area contributed by atoms with Gasteiger partial charge in [0, 0.05) is 23.2 Å². The highest BCUT2D eigenvalue weighted by atomic mass is 32.1. The normalized spacial score (nSPS) is 10.8. The van der Waals surface area contributed by atoms with E-state index in [-0.39, 0.29) is 11.0 Å². The molecule has 2 aromatic heterocycles. The molecule has 4 aromatic rings. The van der Waals surface area contributed by atoms with Gasteiger partial charge in [-0.05, 0) is 55.0 Å². The predicted molar refractivity (Wildman–Crippen MR) is 118 cm³/mol. The molecule has 7 nitrogen and oxygen atoms in total. The first kappa shape index (κ1) is 19.2. The Morgan fingerprint density at radius 3 is 2.69 bits per heavy atom. The molecule has 9 heteroatoms. The third-order valence-corrected chi connectivity index (χ3v) is 5.51. The van der Waals surface area contributed by atoms with Crippen LogP contribution in [0.1, 0.15) is 28.7 Å². The zero-order chi connectivity index (χ0) is 20.4. The van der Waals surface area contributed by atoms with Gasteiger partial charge in [-0.25, -0.2) is 0 Å². The molecule has 0 saturated carbocycles. The molecule has 0 fully saturated rings. The Morgan fingerprint density at radius 1 is 1.17 bits per heavy atom. The summed E-state index contributed by atoms with van der Waals surface area (Å²) in [5, 5.41) is 19.8. The Balaban J connectivity index is 1.48. The number of carbonyl (C=O) groups is 1. The molecule has 0 aliphatic rings. The van der Waals surface area contributed by atoms with Crippen LogP contribution in [0.25, 0.3) is 15.5 Å². The summed E-state index contributed by atoms with van der Waals surface area (Å²) in [6, 6.07) is 14.9. The third kappa shape index (κ3) is 4.01. The van der Waals surface area contributed by atoms with Crippen LogP contribution in [0.2, 0.25) is 0 Å². The van der Waals surface area contributed by atoms with E-state index in [9.17, 15) is 4.79 Å². The first-order valence-electron chi connectivity index (χ1n) is 9.04. The minimum Gasteiger partial charge on any atom is -0.332 e. The van der Waals surface area contributed by atoms with E-state index in [1.165, 1.54) is 11.3 Å². The number of thiocarbonyl (C=S) groups is 1. The number of amides is 1. The summed E-state index contributed by atoms with van der Waals surface area (Å²) in [5.41, 5.74) is 3.35. The molecule has 0 saturated heterocycles. The van der Waals surface area contributed by atoms with E-state index in [1.54, 1.807) is 16.6 Å². The standard InChI is InChI=1S/C20H18N6OS2/c1-3-16-23-24-20-26(16)25-18(29-20)14-9-10-15(12(2)11-14)21-19(28)22-17(27)13-7-5-4-6-8-13/h4-11H,3H2,1-2H3,(H2,21,22,27,28). The third-order valence-electron chi connectivity index (χ3n) is 4.36. The molecular formula is C20H18N6OS2. The number of hydrogen-bond donors (Lipinski definition) is 2. The van der Waals surface area contributed by atoms with Gasteiger partial charge in [0.15, 0.2) is 10.9 Å². The summed E-state index contributed by atoms with van der Waals surface area (Å²) in [6.07, 6.45) is 0.776. The van der Waals surface area contributed by atoms with Gasteiger partial charge in [-0.15, -0.1) is 10.2 Å². The van der Waals surface area contributed by atoms with Crippen LogP contribution < -0.4 is 10.6 Å². The first-order valence-corrected chi connectivity index (χ1v) is 10.3. The molecule has 0 radical (unpaired) electrons. The Hall–Kier alpha value is -3.17. The lowest BCUT2D eigenvalue weighted by Crippen LogP contribution is -2.34. The number of hydrogen-bond acceptors (Lipinski definition) is 6. The summed E-state index contributed by atoms with van der Waals surface area (Å²) in [5.74, 6) is 0.598. The lowest BCUT2D eigenvalue weighted by molar-refractivity contribution is 0.0977. The second-order valence-corrected chi connectivity index (χ2v) is 7.74. The summed E-state index contributed by atoms with van der Waals surface area (Å²) < 4.78 is 1.79. The second-order valence-electron chi connectivity index (χ2n) is 6.38. The monoisotopic (exact) mass is 422 g/mol. The van der Waals surface area contributed by atoms with Crippen LogP contribution in [0.3, 0.4) is 0 Å². The van der Waals surface area contributed by atoms with E-state index >= 15 is 0 Å². The highest BCUT2D eigenvalue weighted by Crippen LogP contribution is 2.28. The molecule has 0 spiro atoms. The van der Waals surface area contributed by atoms with E-state index in [1.807, 2.05) is 50.2 Å². The second kappa shape index (κ2) is 8.06. The Bertz CT molecular complexity index is 1200. The van der Waals surface area contributed by atoms with Crippen LogP contribution in [-0.2, 0) is 6.42 Å². The van der Waals surface area contributed by atoms with Gasteiger partial charge in [0.2, 0.25) is 4.96 Å². The number of rotatable bonds is 4. The Morgan fingerprint density at radius 2 is 1.97 bits per heavy atom. The molecule has 2 heterocycles. The molecule has 0 atom stereocenters. The number of aryl methyl sites for hydroxylation is 2. The number of aromatic nitrogens is 4. The highest BCUT2D eigenvalue weighted by molar-refractivity contribution is 7.80. The molecule has 29 heavy (non-hydrogen) atoms. The largest absolute Gasteiger partial charge is 0.332 e. The van der Waals surface area contributed by atoms with E-state index in [2.05, 4.69) is 25.9 Å². The molecule has 4 rings (SSSR count). The van der Waals surface area contributed by atoms with Crippen LogP contribution >= 0.6 is 23.6 Å². The fraction of sp³-hybridized carbons (Fsp3) is 0.150. The van der Waals surface area contributed by atoms with Crippen LogP contribution in [0, 0.1) is 6.92 Å². The number of anilines is 1. The van der Waals surface area contributed by atoms with Crippen molar-refractivity contribution in [1.29, 1.82) is 0 Å². The molecule has 0 unspecified atom stereocenters. The molecule has 2 aromatic carbocycles. The summed E-state index contributed by atoms with van der Waals surface area (Å²) in [4.78, 5) is 13.0. The molecular weight excluding hydrogens is 404 g/mol. The van der Waals surface area contributed by atoms with Crippen LogP contribution in [-0.4, -0.2) is 30.8 Å². The lowest BCUT2D eigenvalue weighted by Gasteiger charge is -2.12. The van der Waals surface area contributed by atoms with Crippen molar-refractivity contribution in [3.63, 3.8) is 0 Å². The molecule has 146 valence electrons. The molecule has 0 aliphatic carbocycles. The number of fused-ring (bicyclic) bond motifs is 1. The van der Waals surface area contributed by atoms with Crippen molar-refractivity contribution in [2.45, 2.75) is 20.3 Å². The van der Waals surface area contributed by atoms with Crippen molar-refractivity contribution in [2.75, 3.05) is 5.32 Å². The van der Waals surface area contributed by atoms with Gasteiger partial charge < -0.3 is 5.32 Å². The zero-order valence-electron chi connectivity index (χ0n) is 15.8.